The molecule has 0 fully saturated rings. The second kappa shape index (κ2) is 6.17. The normalized spacial score (nSPS) is 11.9. The Kier molecular flexibility index (Phi) is 4.55. The number of aliphatic imine (C=N–C) groups is 1. The lowest BCUT2D eigenvalue weighted by Gasteiger charge is -2.13. The zero-order chi connectivity index (χ0) is 13.8. The average Bonchev–Trinajstić information content (AvgIpc) is 2.86. The van der Waals surface area contributed by atoms with E-state index in [1.807, 2.05) is 25.1 Å². The molecule has 0 N–H and O–H groups in total. The van der Waals surface area contributed by atoms with Crippen molar-refractivity contribution in [3.05, 3.63) is 46.2 Å². The summed E-state index contributed by atoms with van der Waals surface area (Å²) in [7, 11) is -0.781. The number of hydrogen-bond acceptors (Lipinski definition) is 3. The highest BCUT2D eigenvalue weighted by atomic mass is 32.1. The van der Waals surface area contributed by atoms with Gasteiger partial charge in [-0.05, 0) is 50.0 Å². The minimum absolute atomic E-state index is 0. The van der Waals surface area contributed by atoms with Crippen molar-refractivity contribution in [2.24, 2.45) is 4.99 Å². The van der Waals surface area contributed by atoms with Crippen molar-refractivity contribution in [1.82, 2.24) is 0 Å². The van der Waals surface area contributed by atoms with Crippen LogP contribution in [0.15, 0.2) is 40.7 Å². The summed E-state index contributed by atoms with van der Waals surface area (Å²) in [5.74, 6) is 0.898. The standard InChI is InChI=1S/C15H18NOSSi/c1-11-7-5-8-13(17-19(3)4)15(11)16-12(2)14-9-6-10-18-14/h5-10H,1-4H3/p+1. The first-order valence-electron chi connectivity index (χ1n) is 6.24. The van der Waals surface area contributed by atoms with Crippen molar-refractivity contribution < 1.29 is 5.85 Å². The molecule has 0 spiro atoms. The van der Waals surface area contributed by atoms with Crippen molar-refractivity contribution >= 4 is 31.8 Å². The molecule has 1 aromatic heterocycles. The lowest BCUT2D eigenvalue weighted by Crippen LogP contribution is -2.11. The molecule has 0 unspecified atom stereocenters. The summed E-state index contributed by atoms with van der Waals surface area (Å²) in [5.41, 5.74) is 3.14. The molecule has 2 aromatic rings. The predicted octanol–water partition coefficient (Wildman–Crippen LogP) is 4.94. The maximum atomic E-state index is 5.94. The molecule has 0 aliphatic rings. The van der Waals surface area contributed by atoms with Crippen molar-refractivity contribution in [2.75, 3.05) is 0 Å². The smallest absolute Gasteiger partial charge is 0.541 e. The Morgan fingerprint density at radius 1 is 1.26 bits per heavy atom. The molecule has 2 nitrogen and oxygen atoms in total. The largest absolute Gasteiger partial charge is 1.00 e. The van der Waals surface area contributed by atoms with Crippen LogP contribution in [0.1, 0.15) is 18.8 Å². The Morgan fingerprint density at radius 3 is 2.68 bits per heavy atom. The van der Waals surface area contributed by atoms with Gasteiger partial charge in [-0.2, -0.15) is 0 Å². The van der Waals surface area contributed by atoms with Gasteiger partial charge < -0.3 is 4.43 Å². The molecule has 19 heavy (non-hydrogen) atoms. The van der Waals surface area contributed by atoms with Crippen LogP contribution in [0, 0.1) is 6.92 Å². The Morgan fingerprint density at radius 2 is 2.05 bits per heavy atom. The van der Waals surface area contributed by atoms with Crippen LogP contribution < -0.4 is 4.43 Å². The lowest BCUT2D eigenvalue weighted by molar-refractivity contribution is 0.581. The quantitative estimate of drug-likeness (QED) is 0.577. The molecule has 2 rings (SSSR count). The third kappa shape index (κ3) is 3.55. The lowest BCUT2D eigenvalue weighted by atomic mass is 10.2. The molecule has 1 heterocycles. The van der Waals surface area contributed by atoms with Gasteiger partial charge in [0, 0.05) is 4.88 Å². The molecule has 0 saturated carbocycles. The fourth-order valence-corrected chi connectivity index (χ4v) is 3.07. The van der Waals surface area contributed by atoms with E-state index in [2.05, 4.69) is 37.5 Å². The van der Waals surface area contributed by atoms with Gasteiger partial charge in [0.25, 0.3) is 9.04 Å². The number of hydrogen-bond donors (Lipinski definition) is 0. The predicted molar refractivity (Wildman–Crippen MR) is 86.6 cm³/mol. The molecule has 0 amide bonds. The Balaban J connectivity index is 0.00000200. The van der Waals surface area contributed by atoms with Crippen molar-refractivity contribution in [3.8, 4) is 5.75 Å². The molecular weight excluding hydrogens is 270 g/mol. The van der Waals surface area contributed by atoms with Crippen LogP contribution in [0.25, 0.3) is 0 Å². The monoisotopic (exact) mass is 289 g/mol. The highest BCUT2D eigenvalue weighted by Gasteiger charge is 2.09. The summed E-state index contributed by atoms with van der Waals surface area (Å²) in [6, 6.07) is 10.2. The summed E-state index contributed by atoms with van der Waals surface area (Å²) in [6.45, 7) is 8.39. The zero-order valence-corrected chi connectivity index (χ0v) is 13.5. The average molecular weight is 289 g/mol. The first kappa shape index (κ1) is 14.0. The van der Waals surface area contributed by atoms with E-state index >= 15 is 0 Å². The van der Waals surface area contributed by atoms with Crippen LogP contribution in [-0.4, -0.2) is 14.8 Å². The van der Waals surface area contributed by atoms with Gasteiger partial charge in [-0.25, -0.2) is 4.99 Å². The number of rotatable bonds is 4. The highest BCUT2D eigenvalue weighted by molar-refractivity contribution is 7.12. The van der Waals surface area contributed by atoms with Gasteiger partial charge in [0.1, 0.15) is 11.4 Å². The third-order valence-electron chi connectivity index (χ3n) is 2.67. The molecule has 99 valence electrons. The maximum absolute atomic E-state index is 5.94. The fourth-order valence-electron chi connectivity index (χ4n) is 1.78. The first-order valence-corrected chi connectivity index (χ1v) is 9.53. The maximum Gasteiger partial charge on any atom is 1.00 e. The van der Waals surface area contributed by atoms with E-state index in [1.54, 1.807) is 11.3 Å². The summed E-state index contributed by atoms with van der Waals surface area (Å²) >= 11 is 1.71. The van der Waals surface area contributed by atoms with E-state index in [0.717, 1.165) is 22.7 Å². The SMILES string of the molecule is CC(=Nc1c(C)cccc1O[Si](C)C)c1cccs1.[H+]. The van der Waals surface area contributed by atoms with Crippen LogP contribution in [0.3, 0.4) is 0 Å². The van der Waals surface area contributed by atoms with E-state index in [1.165, 1.54) is 4.88 Å². The first-order chi connectivity index (χ1) is 9.08. The van der Waals surface area contributed by atoms with E-state index in [0.29, 0.717) is 0 Å². The number of nitrogens with zero attached hydrogens (tertiary/aromatic N) is 1. The molecular formula is C15H19NOSSi+. The second-order valence-corrected chi connectivity index (χ2v) is 7.57. The molecule has 0 aliphatic heterocycles. The van der Waals surface area contributed by atoms with Crippen molar-refractivity contribution in [1.29, 1.82) is 0 Å². The number of benzene rings is 1. The van der Waals surface area contributed by atoms with Crippen LogP contribution in [0.2, 0.25) is 13.1 Å². The molecule has 0 bridgehead atoms. The number of para-hydroxylation sites is 1. The minimum Gasteiger partial charge on any atom is -0.541 e. The van der Waals surface area contributed by atoms with Crippen LogP contribution in [0.5, 0.6) is 5.75 Å². The molecule has 1 radical (unpaired) electrons. The van der Waals surface area contributed by atoms with E-state index in [9.17, 15) is 0 Å². The molecule has 0 atom stereocenters. The summed E-state index contributed by atoms with van der Waals surface area (Å²) < 4.78 is 5.94. The van der Waals surface area contributed by atoms with E-state index < -0.39 is 9.04 Å². The van der Waals surface area contributed by atoms with Crippen LogP contribution in [-0.2, 0) is 0 Å². The van der Waals surface area contributed by atoms with Crippen molar-refractivity contribution in [2.45, 2.75) is 26.9 Å². The van der Waals surface area contributed by atoms with Gasteiger partial charge in [-0.3, -0.25) is 0 Å². The van der Waals surface area contributed by atoms with Gasteiger partial charge in [-0.1, -0.05) is 18.2 Å². The Labute approximate surface area is 122 Å². The van der Waals surface area contributed by atoms with Gasteiger partial charge in [-0.15, -0.1) is 11.3 Å². The Bertz CT molecular complexity index is 582. The molecule has 0 aliphatic carbocycles. The minimum atomic E-state index is -0.781. The van der Waals surface area contributed by atoms with Gasteiger partial charge in [0.15, 0.2) is 0 Å². The van der Waals surface area contributed by atoms with Crippen molar-refractivity contribution in [3.63, 3.8) is 0 Å². The highest BCUT2D eigenvalue weighted by Crippen LogP contribution is 2.32. The number of aryl methyl sites for hydroxylation is 1. The van der Waals surface area contributed by atoms with Crippen LogP contribution >= 0.6 is 11.3 Å². The molecule has 1 aromatic carbocycles. The van der Waals surface area contributed by atoms with Gasteiger partial charge in [0.2, 0.25) is 0 Å². The van der Waals surface area contributed by atoms with E-state index in [4.69, 9.17) is 9.42 Å². The summed E-state index contributed by atoms with van der Waals surface area (Å²) in [6.07, 6.45) is 0. The van der Waals surface area contributed by atoms with E-state index in [-0.39, 0.29) is 1.43 Å². The van der Waals surface area contributed by atoms with Crippen LogP contribution in [0.4, 0.5) is 5.69 Å². The third-order valence-corrected chi connectivity index (χ3v) is 4.28. The molecule has 0 saturated heterocycles. The Hall–Kier alpha value is -1.39. The summed E-state index contributed by atoms with van der Waals surface area (Å²) in [5, 5.41) is 2.07. The van der Waals surface area contributed by atoms with Gasteiger partial charge >= 0.3 is 1.43 Å². The zero-order valence-electron chi connectivity index (χ0n) is 12.7. The topological polar surface area (TPSA) is 21.6 Å². The van der Waals surface area contributed by atoms with Gasteiger partial charge in [0.05, 0.1) is 5.71 Å². The summed E-state index contributed by atoms with van der Waals surface area (Å²) in [4.78, 5) is 5.97. The molecule has 4 heteroatoms. The second-order valence-electron chi connectivity index (χ2n) is 4.61. The number of thiophene rings is 1. The fraction of sp³-hybridized carbons (Fsp3) is 0.267.